The number of aryl methyl sites for hydroxylation is 1. The van der Waals surface area contributed by atoms with Crippen molar-refractivity contribution >= 4 is 27.9 Å². The first kappa shape index (κ1) is 19.4. The molecule has 4 nitrogen and oxygen atoms in total. The molecule has 5 rings (SSSR count). The number of para-hydroxylation sites is 1. The van der Waals surface area contributed by atoms with Crippen LogP contribution in [0, 0.1) is 0 Å². The number of benzene rings is 3. The molecule has 1 N–H and O–H groups in total. The fraction of sp³-hybridized carbons (Fsp3) is 0.115. The van der Waals surface area contributed by atoms with Gasteiger partial charge in [-0.05, 0) is 47.9 Å². The Kier molecular flexibility index (Phi) is 5.42. The number of hydrogen-bond donors (Lipinski definition) is 1. The van der Waals surface area contributed by atoms with E-state index in [1.165, 1.54) is 22.2 Å². The summed E-state index contributed by atoms with van der Waals surface area (Å²) >= 11 is 1.68. The molecule has 154 valence electrons. The maximum Gasteiger partial charge on any atom is 0.190 e. The number of nitrogens with zero attached hydrogens (tertiary/aromatic N) is 2. The molecular weight excluding hydrogens is 402 g/mol. The number of rotatable bonds is 6. The Bertz CT molecular complexity index is 1360. The second-order valence-electron chi connectivity index (χ2n) is 7.34. The summed E-state index contributed by atoms with van der Waals surface area (Å²) in [5, 5.41) is 3.41. The van der Waals surface area contributed by atoms with Gasteiger partial charge in [0, 0.05) is 29.0 Å². The topological polar surface area (TPSA) is 42.3 Å². The van der Waals surface area contributed by atoms with Gasteiger partial charge in [-0.25, -0.2) is 4.99 Å². The standard InChI is InChI=1S/C26H23N3OS/c1-30-22-12-13-24-23(16-22)20(17-27-24)14-15-29-25(19-8-4-2-5-9-19)18-31-26(29)28-21-10-6-3-7-11-21/h2-13,16-18,27H,14-15H2,1H3. The van der Waals surface area contributed by atoms with Gasteiger partial charge < -0.3 is 14.3 Å². The highest BCUT2D eigenvalue weighted by Crippen LogP contribution is 2.25. The van der Waals surface area contributed by atoms with Gasteiger partial charge in [0.15, 0.2) is 4.80 Å². The van der Waals surface area contributed by atoms with Gasteiger partial charge in [-0.2, -0.15) is 0 Å². The summed E-state index contributed by atoms with van der Waals surface area (Å²) in [6.07, 6.45) is 3.00. The van der Waals surface area contributed by atoms with E-state index in [2.05, 4.69) is 63.6 Å². The highest BCUT2D eigenvalue weighted by molar-refractivity contribution is 7.07. The van der Waals surface area contributed by atoms with Crippen LogP contribution >= 0.6 is 11.3 Å². The molecule has 0 atom stereocenters. The summed E-state index contributed by atoms with van der Waals surface area (Å²) in [6.45, 7) is 0.837. The summed E-state index contributed by atoms with van der Waals surface area (Å²) in [7, 11) is 1.71. The molecule has 2 heterocycles. The Labute approximate surface area is 185 Å². The highest BCUT2D eigenvalue weighted by Gasteiger charge is 2.11. The van der Waals surface area contributed by atoms with Crippen LogP contribution in [0.5, 0.6) is 5.75 Å². The summed E-state index contributed by atoms with van der Waals surface area (Å²) < 4.78 is 7.75. The summed E-state index contributed by atoms with van der Waals surface area (Å²) in [5.74, 6) is 0.876. The zero-order valence-electron chi connectivity index (χ0n) is 17.3. The van der Waals surface area contributed by atoms with E-state index in [0.29, 0.717) is 0 Å². The van der Waals surface area contributed by atoms with Crippen LogP contribution in [0.15, 0.2) is 95.4 Å². The molecule has 3 aromatic carbocycles. The van der Waals surface area contributed by atoms with E-state index in [1.807, 2.05) is 36.4 Å². The number of aromatic nitrogens is 2. The van der Waals surface area contributed by atoms with E-state index in [-0.39, 0.29) is 0 Å². The highest BCUT2D eigenvalue weighted by atomic mass is 32.1. The van der Waals surface area contributed by atoms with Crippen molar-refractivity contribution in [1.29, 1.82) is 0 Å². The third kappa shape index (κ3) is 4.05. The first-order valence-corrected chi connectivity index (χ1v) is 11.2. The number of H-pyrrole nitrogens is 1. The number of aromatic amines is 1. The number of hydrogen-bond acceptors (Lipinski definition) is 3. The molecule has 0 saturated carbocycles. The molecule has 0 amide bonds. The average Bonchev–Trinajstić information content (AvgIpc) is 3.42. The summed E-state index contributed by atoms with van der Waals surface area (Å²) in [5.41, 5.74) is 5.77. The van der Waals surface area contributed by atoms with Gasteiger partial charge in [-0.1, -0.05) is 48.5 Å². The smallest absolute Gasteiger partial charge is 0.190 e. The first-order valence-electron chi connectivity index (χ1n) is 10.3. The molecule has 0 radical (unpaired) electrons. The first-order chi connectivity index (χ1) is 15.3. The van der Waals surface area contributed by atoms with E-state index in [0.717, 1.165) is 34.7 Å². The van der Waals surface area contributed by atoms with Crippen LogP contribution in [-0.2, 0) is 13.0 Å². The Morgan fingerprint density at radius 1 is 0.968 bits per heavy atom. The van der Waals surface area contributed by atoms with Crippen LogP contribution in [-0.4, -0.2) is 16.7 Å². The van der Waals surface area contributed by atoms with Crippen LogP contribution in [0.4, 0.5) is 5.69 Å². The largest absolute Gasteiger partial charge is 0.497 e. The van der Waals surface area contributed by atoms with Crippen molar-refractivity contribution < 1.29 is 4.74 Å². The van der Waals surface area contributed by atoms with Crippen molar-refractivity contribution in [3.05, 3.63) is 101 Å². The van der Waals surface area contributed by atoms with Crippen molar-refractivity contribution in [3.63, 3.8) is 0 Å². The number of nitrogens with one attached hydrogen (secondary N) is 1. The normalized spacial score (nSPS) is 11.8. The van der Waals surface area contributed by atoms with Gasteiger partial charge in [-0.3, -0.25) is 0 Å². The number of thiazole rings is 1. The van der Waals surface area contributed by atoms with Crippen molar-refractivity contribution in [1.82, 2.24) is 9.55 Å². The Morgan fingerprint density at radius 2 is 1.74 bits per heavy atom. The molecular formula is C26H23N3OS. The minimum atomic E-state index is 0.837. The lowest BCUT2D eigenvalue weighted by Gasteiger charge is -2.09. The van der Waals surface area contributed by atoms with Crippen molar-refractivity contribution in [2.24, 2.45) is 4.99 Å². The maximum absolute atomic E-state index is 5.43. The van der Waals surface area contributed by atoms with Crippen molar-refractivity contribution in [2.75, 3.05) is 7.11 Å². The van der Waals surface area contributed by atoms with Gasteiger partial charge in [0.1, 0.15) is 5.75 Å². The van der Waals surface area contributed by atoms with Gasteiger partial charge in [0.05, 0.1) is 18.5 Å². The molecule has 5 aromatic rings. The quantitative estimate of drug-likeness (QED) is 0.347. The SMILES string of the molecule is COc1ccc2[nH]cc(CCn3c(-c4ccccc4)csc3=Nc3ccccc3)c2c1. The van der Waals surface area contributed by atoms with Crippen LogP contribution in [0.25, 0.3) is 22.2 Å². The fourth-order valence-electron chi connectivity index (χ4n) is 3.81. The minimum absolute atomic E-state index is 0.837. The molecule has 0 aliphatic heterocycles. The van der Waals surface area contributed by atoms with E-state index >= 15 is 0 Å². The van der Waals surface area contributed by atoms with Crippen LogP contribution in [0.2, 0.25) is 0 Å². The van der Waals surface area contributed by atoms with Crippen molar-refractivity contribution in [3.8, 4) is 17.0 Å². The van der Waals surface area contributed by atoms with Crippen LogP contribution in [0.3, 0.4) is 0 Å². The lowest BCUT2D eigenvalue weighted by atomic mass is 10.1. The predicted octanol–water partition coefficient (Wildman–Crippen LogP) is 6.18. The second-order valence-corrected chi connectivity index (χ2v) is 8.18. The van der Waals surface area contributed by atoms with E-state index < -0.39 is 0 Å². The van der Waals surface area contributed by atoms with Gasteiger partial charge in [-0.15, -0.1) is 11.3 Å². The van der Waals surface area contributed by atoms with Crippen molar-refractivity contribution in [2.45, 2.75) is 13.0 Å². The molecule has 5 heteroatoms. The zero-order chi connectivity index (χ0) is 21.0. The van der Waals surface area contributed by atoms with Crippen LogP contribution < -0.4 is 9.54 Å². The molecule has 0 saturated heterocycles. The van der Waals surface area contributed by atoms with Gasteiger partial charge in [0.25, 0.3) is 0 Å². The summed E-state index contributed by atoms with van der Waals surface area (Å²) in [6, 6.07) is 26.8. The third-order valence-electron chi connectivity index (χ3n) is 5.43. The lowest BCUT2D eigenvalue weighted by Crippen LogP contribution is -2.17. The van der Waals surface area contributed by atoms with E-state index in [1.54, 1.807) is 18.4 Å². The molecule has 2 aromatic heterocycles. The second kappa shape index (κ2) is 8.66. The molecule has 0 aliphatic carbocycles. The lowest BCUT2D eigenvalue weighted by molar-refractivity contribution is 0.415. The molecule has 0 fully saturated rings. The minimum Gasteiger partial charge on any atom is -0.497 e. The van der Waals surface area contributed by atoms with E-state index in [9.17, 15) is 0 Å². The Morgan fingerprint density at radius 3 is 2.52 bits per heavy atom. The molecule has 31 heavy (non-hydrogen) atoms. The molecule has 0 aliphatic rings. The third-order valence-corrected chi connectivity index (χ3v) is 6.29. The number of fused-ring (bicyclic) bond motifs is 1. The fourth-order valence-corrected chi connectivity index (χ4v) is 4.77. The Balaban J connectivity index is 1.54. The Hall–Kier alpha value is -3.57. The van der Waals surface area contributed by atoms with Gasteiger partial charge >= 0.3 is 0 Å². The number of methoxy groups -OCH3 is 1. The van der Waals surface area contributed by atoms with E-state index in [4.69, 9.17) is 9.73 Å². The molecule has 0 spiro atoms. The summed E-state index contributed by atoms with van der Waals surface area (Å²) in [4.78, 5) is 9.32. The molecule has 0 bridgehead atoms. The predicted molar refractivity (Wildman–Crippen MR) is 128 cm³/mol. The zero-order valence-corrected chi connectivity index (χ0v) is 18.1. The van der Waals surface area contributed by atoms with Gasteiger partial charge in [0.2, 0.25) is 0 Å². The number of ether oxygens (including phenoxy) is 1. The average molecular weight is 426 g/mol. The van der Waals surface area contributed by atoms with Crippen LogP contribution in [0.1, 0.15) is 5.56 Å². The maximum atomic E-state index is 5.43. The molecule has 0 unspecified atom stereocenters. The monoisotopic (exact) mass is 425 g/mol.